The van der Waals surface area contributed by atoms with Gasteiger partial charge in [-0.3, -0.25) is 4.21 Å². The second-order valence-electron chi connectivity index (χ2n) is 3.91. The lowest BCUT2D eigenvalue weighted by Gasteiger charge is -2.06. The van der Waals surface area contributed by atoms with Gasteiger partial charge in [0.25, 0.3) is 0 Å². The van der Waals surface area contributed by atoms with E-state index in [0.29, 0.717) is 16.3 Å². The molecule has 2 aromatic rings. The molecule has 6 heteroatoms. The van der Waals surface area contributed by atoms with Crippen molar-refractivity contribution in [2.24, 2.45) is 0 Å². The van der Waals surface area contributed by atoms with E-state index in [4.69, 9.17) is 17.3 Å². The van der Waals surface area contributed by atoms with Gasteiger partial charge in [-0.1, -0.05) is 17.7 Å². The summed E-state index contributed by atoms with van der Waals surface area (Å²) in [5.74, 6) is -1.87. The zero-order valence-corrected chi connectivity index (χ0v) is 11.3. The van der Waals surface area contributed by atoms with Gasteiger partial charge in [0.05, 0.1) is 16.6 Å². The number of rotatable bonds is 3. The van der Waals surface area contributed by atoms with E-state index < -0.39 is 22.4 Å². The molecule has 0 aliphatic heterocycles. The van der Waals surface area contributed by atoms with Crippen LogP contribution in [0, 0.1) is 11.6 Å². The molecule has 2 N–H and O–H groups in total. The predicted octanol–water partition coefficient (Wildman–Crippen LogP) is 3.51. The molecule has 19 heavy (non-hydrogen) atoms. The van der Waals surface area contributed by atoms with Crippen LogP contribution in [0.25, 0.3) is 0 Å². The van der Waals surface area contributed by atoms with Crippen molar-refractivity contribution in [3.63, 3.8) is 0 Å². The molecule has 0 spiro atoms. The largest absolute Gasteiger partial charge is 0.398 e. The Hall–Kier alpha value is -1.46. The van der Waals surface area contributed by atoms with Crippen molar-refractivity contribution in [2.75, 3.05) is 5.73 Å². The summed E-state index contributed by atoms with van der Waals surface area (Å²) in [6.45, 7) is 0. The molecule has 0 bridgehead atoms. The highest BCUT2D eigenvalue weighted by atomic mass is 35.5. The zero-order valence-electron chi connectivity index (χ0n) is 9.70. The van der Waals surface area contributed by atoms with Crippen LogP contribution in [0.2, 0.25) is 5.02 Å². The maximum atomic E-state index is 13.1. The summed E-state index contributed by atoms with van der Waals surface area (Å²) in [5, 5.41) is 0.486. The summed E-state index contributed by atoms with van der Waals surface area (Å²) in [4.78, 5) is 0.216. The first kappa shape index (κ1) is 14.0. The monoisotopic (exact) mass is 301 g/mol. The Bertz CT molecular complexity index is 649. The van der Waals surface area contributed by atoms with Crippen LogP contribution in [0.4, 0.5) is 14.5 Å². The van der Waals surface area contributed by atoms with E-state index in [9.17, 15) is 13.0 Å². The van der Waals surface area contributed by atoms with E-state index in [1.165, 1.54) is 6.07 Å². The molecule has 1 atom stereocenters. The van der Waals surface area contributed by atoms with Crippen molar-refractivity contribution in [1.29, 1.82) is 0 Å². The van der Waals surface area contributed by atoms with Crippen molar-refractivity contribution < 1.29 is 13.0 Å². The number of anilines is 1. The number of nitrogen functional groups attached to an aromatic ring is 1. The quantitative estimate of drug-likeness (QED) is 0.882. The van der Waals surface area contributed by atoms with Gasteiger partial charge in [0.1, 0.15) is 0 Å². The fourth-order valence-electron chi connectivity index (χ4n) is 1.54. The molecule has 0 heterocycles. The van der Waals surface area contributed by atoms with Gasteiger partial charge in [0.2, 0.25) is 0 Å². The molecular weight excluding hydrogens is 292 g/mol. The molecule has 0 amide bonds. The Balaban J connectivity index is 2.23. The van der Waals surface area contributed by atoms with Crippen LogP contribution in [0.1, 0.15) is 5.56 Å². The van der Waals surface area contributed by atoms with Crippen LogP contribution >= 0.6 is 11.6 Å². The summed E-state index contributed by atoms with van der Waals surface area (Å²) >= 11 is 5.76. The van der Waals surface area contributed by atoms with E-state index >= 15 is 0 Å². The third-order valence-electron chi connectivity index (χ3n) is 2.55. The molecule has 0 fully saturated rings. The van der Waals surface area contributed by atoms with Crippen LogP contribution in [0.15, 0.2) is 41.3 Å². The zero-order chi connectivity index (χ0) is 14.0. The Kier molecular flexibility index (Phi) is 4.17. The van der Waals surface area contributed by atoms with Crippen molar-refractivity contribution >= 4 is 28.1 Å². The summed E-state index contributed by atoms with van der Waals surface area (Å²) in [6.07, 6.45) is 0. The van der Waals surface area contributed by atoms with Crippen LogP contribution in [0.5, 0.6) is 0 Å². The molecule has 0 saturated carbocycles. The van der Waals surface area contributed by atoms with E-state index in [1.807, 2.05) is 0 Å². The first-order valence-corrected chi connectivity index (χ1v) is 7.04. The van der Waals surface area contributed by atoms with Crippen molar-refractivity contribution in [3.8, 4) is 0 Å². The number of hydrogen-bond donors (Lipinski definition) is 1. The Labute approximate surface area is 116 Å². The van der Waals surface area contributed by atoms with E-state index in [1.54, 1.807) is 18.2 Å². The van der Waals surface area contributed by atoms with Crippen molar-refractivity contribution in [3.05, 3.63) is 58.6 Å². The van der Waals surface area contributed by atoms with Crippen LogP contribution in [0.3, 0.4) is 0 Å². The SMILES string of the molecule is Nc1cc(Cl)ccc1CS(=O)c1ccc(F)c(F)c1. The lowest BCUT2D eigenvalue weighted by atomic mass is 10.2. The van der Waals surface area contributed by atoms with Crippen LogP contribution in [-0.4, -0.2) is 4.21 Å². The molecule has 0 radical (unpaired) electrons. The topological polar surface area (TPSA) is 43.1 Å². The molecule has 1 unspecified atom stereocenters. The second-order valence-corrected chi connectivity index (χ2v) is 5.80. The van der Waals surface area contributed by atoms with E-state index in [2.05, 4.69) is 0 Å². The Morgan fingerprint density at radius 1 is 1.11 bits per heavy atom. The van der Waals surface area contributed by atoms with Crippen molar-refractivity contribution in [2.45, 2.75) is 10.6 Å². The highest BCUT2D eigenvalue weighted by Crippen LogP contribution is 2.22. The normalized spacial score (nSPS) is 12.4. The Morgan fingerprint density at radius 3 is 2.47 bits per heavy atom. The maximum Gasteiger partial charge on any atom is 0.160 e. The molecule has 0 saturated heterocycles. The minimum atomic E-state index is -1.50. The van der Waals surface area contributed by atoms with Crippen LogP contribution < -0.4 is 5.73 Å². The highest BCUT2D eigenvalue weighted by molar-refractivity contribution is 7.84. The summed E-state index contributed by atoms with van der Waals surface area (Å²) in [7, 11) is -1.50. The van der Waals surface area contributed by atoms with Gasteiger partial charge in [-0.25, -0.2) is 8.78 Å². The lowest BCUT2D eigenvalue weighted by Crippen LogP contribution is -2.01. The number of nitrogens with two attached hydrogens (primary N) is 1. The third kappa shape index (κ3) is 3.30. The average molecular weight is 302 g/mol. The molecule has 2 rings (SSSR count). The van der Waals surface area contributed by atoms with E-state index in [0.717, 1.165) is 12.1 Å². The third-order valence-corrected chi connectivity index (χ3v) is 4.14. The van der Waals surface area contributed by atoms with Crippen LogP contribution in [-0.2, 0) is 16.6 Å². The van der Waals surface area contributed by atoms with E-state index in [-0.39, 0.29) is 10.6 Å². The van der Waals surface area contributed by atoms with Gasteiger partial charge in [-0.15, -0.1) is 0 Å². The molecule has 2 aromatic carbocycles. The van der Waals surface area contributed by atoms with Gasteiger partial charge < -0.3 is 5.73 Å². The lowest BCUT2D eigenvalue weighted by molar-refractivity contribution is 0.505. The standard InChI is InChI=1S/C13H10ClF2NOS/c14-9-2-1-8(13(17)5-9)7-19(18)10-3-4-11(15)12(16)6-10/h1-6H,7,17H2. The number of halogens is 3. The average Bonchev–Trinajstić information content (AvgIpc) is 2.36. The molecule has 2 nitrogen and oxygen atoms in total. The van der Waals surface area contributed by atoms with Gasteiger partial charge >= 0.3 is 0 Å². The van der Waals surface area contributed by atoms with Gasteiger partial charge in [-0.05, 0) is 35.9 Å². The summed E-state index contributed by atoms with van der Waals surface area (Å²) in [6, 6.07) is 8.02. The predicted molar refractivity (Wildman–Crippen MR) is 72.3 cm³/mol. The number of hydrogen-bond acceptors (Lipinski definition) is 2. The fourth-order valence-corrected chi connectivity index (χ4v) is 2.89. The highest BCUT2D eigenvalue weighted by Gasteiger charge is 2.11. The summed E-state index contributed by atoms with van der Waals surface area (Å²) in [5.41, 5.74) is 6.81. The first-order valence-electron chi connectivity index (χ1n) is 5.34. The maximum absolute atomic E-state index is 13.1. The van der Waals surface area contributed by atoms with Crippen molar-refractivity contribution in [1.82, 2.24) is 0 Å². The van der Waals surface area contributed by atoms with Gasteiger partial charge in [0, 0.05) is 15.6 Å². The molecule has 0 aromatic heterocycles. The molecule has 0 aliphatic rings. The minimum Gasteiger partial charge on any atom is -0.398 e. The molecule has 0 aliphatic carbocycles. The fraction of sp³-hybridized carbons (Fsp3) is 0.0769. The summed E-state index contributed by atoms with van der Waals surface area (Å²) < 4.78 is 37.9. The van der Waals surface area contributed by atoms with Gasteiger partial charge in [-0.2, -0.15) is 0 Å². The minimum absolute atomic E-state index is 0.119. The van der Waals surface area contributed by atoms with Gasteiger partial charge in [0.15, 0.2) is 11.6 Å². The number of benzene rings is 2. The second kappa shape index (κ2) is 5.67. The molecular formula is C13H10ClF2NOS. The molecule has 100 valence electrons. The first-order chi connectivity index (χ1) is 8.97. The smallest absolute Gasteiger partial charge is 0.160 e. The Morgan fingerprint density at radius 2 is 1.84 bits per heavy atom.